The summed E-state index contributed by atoms with van der Waals surface area (Å²) in [6.07, 6.45) is 4.45. The van der Waals surface area contributed by atoms with E-state index in [0.29, 0.717) is 12.1 Å². The van der Waals surface area contributed by atoms with Gasteiger partial charge in [0.15, 0.2) is 0 Å². The Labute approximate surface area is 138 Å². The molecule has 1 N–H and O–H groups in total. The third-order valence-corrected chi connectivity index (χ3v) is 4.33. The fraction of sp³-hybridized carbons (Fsp3) is 0.294. The van der Waals surface area contributed by atoms with E-state index in [9.17, 15) is 19.5 Å². The summed E-state index contributed by atoms with van der Waals surface area (Å²) < 4.78 is 1.76. The maximum Gasteiger partial charge on any atom is 0.304 e. The van der Waals surface area contributed by atoms with E-state index in [4.69, 9.17) is 0 Å². The van der Waals surface area contributed by atoms with Crippen LogP contribution < -0.4 is 0 Å². The normalized spacial score (nSPS) is 20.6. The van der Waals surface area contributed by atoms with Crippen LogP contribution in [0.5, 0.6) is 0 Å². The van der Waals surface area contributed by atoms with E-state index >= 15 is 0 Å². The fourth-order valence-corrected chi connectivity index (χ4v) is 3.14. The highest BCUT2D eigenvalue weighted by molar-refractivity contribution is 6.10. The Hall–Kier alpha value is -2.96. The lowest BCUT2D eigenvalue weighted by atomic mass is 9.76. The molecule has 7 heteroatoms. The van der Waals surface area contributed by atoms with Crippen LogP contribution >= 0.6 is 0 Å². The summed E-state index contributed by atoms with van der Waals surface area (Å²) in [5.74, 6) is -1.89. The Morgan fingerprint density at radius 1 is 1.21 bits per heavy atom. The molecule has 1 atom stereocenters. The van der Waals surface area contributed by atoms with E-state index in [1.807, 2.05) is 0 Å². The zero-order valence-electron chi connectivity index (χ0n) is 13.0. The molecular weight excluding hydrogens is 310 g/mol. The van der Waals surface area contributed by atoms with Crippen LogP contribution in [0.4, 0.5) is 0 Å². The first-order chi connectivity index (χ1) is 11.5. The van der Waals surface area contributed by atoms with Crippen molar-refractivity contribution in [3.8, 4) is 0 Å². The van der Waals surface area contributed by atoms with Gasteiger partial charge in [-0.05, 0) is 5.56 Å². The fourth-order valence-electron chi connectivity index (χ4n) is 3.14. The average Bonchev–Trinajstić information content (AvgIpc) is 3.15. The number of rotatable bonds is 6. The third kappa shape index (κ3) is 2.80. The molecule has 124 valence electrons. The van der Waals surface area contributed by atoms with Crippen LogP contribution in [-0.2, 0) is 26.3 Å². The van der Waals surface area contributed by atoms with Gasteiger partial charge in [-0.15, -0.1) is 0 Å². The van der Waals surface area contributed by atoms with Crippen LogP contribution in [0.25, 0.3) is 0 Å². The van der Waals surface area contributed by atoms with Gasteiger partial charge < -0.3 is 9.67 Å². The molecule has 0 radical (unpaired) electrons. The highest BCUT2D eigenvalue weighted by atomic mass is 16.4. The summed E-state index contributed by atoms with van der Waals surface area (Å²) >= 11 is 0. The molecule has 0 saturated carbocycles. The van der Waals surface area contributed by atoms with Crippen LogP contribution in [0.1, 0.15) is 18.4 Å². The molecule has 2 heterocycles. The first kappa shape index (κ1) is 15.9. The van der Waals surface area contributed by atoms with Crippen LogP contribution in [0, 0.1) is 0 Å². The van der Waals surface area contributed by atoms with E-state index in [0.717, 1.165) is 4.90 Å². The molecule has 7 nitrogen and oxygen atoms in total. The van der Waals surface area contributed by atoms with Gasteiger partial charge >= 0.3 is 5.97 Å². The van der Waals surface area contributed by atoms with Crippen LogP contribution in [0.15, 0.2) is 49.1 Å². The van der Waals surface area contributed by atoms with Gasteiger partial charge in [-0.2, -0.15) is 0 Å². The number of carbonyl (C=O) groups is 3. The molecular formula is C17H17N3O4. The van der Waals surface area contributed by atoms with E-state index < -0.39 is 23.7 Å². The van der Waals surface area contributed by atoms with E-state index in [-0.39, 0.29) is 18.9 Å². The summed E-state index contributed by atoms with van der Waals surface area (Å²) in [5, 5.41) is 9.28. The molecule has 1 aliphatic heterocycles. The number of amides is 2. The number of carbonyl (C=O) groups excluding carboxylic acids is 2. The van der Waals surface area contributed by atoms with Gasteiger partial charge in [0, 0.05) is 31.9 Å². The average molecular weight is 327 g/mol. The molecule has 1 aliphatic rings. The molecule has 3 rings (SSSR count). The van der Waals surface area contributed by atoms with Crippen molar-refractivity contribution in [2.45, 2.75) is 24.8 Å². The monoisotopic (exact) mass is 327 g/mol. The molecule has 1 fully saturated rings. The molecule has 1 saturated heterocycles. The Balaban J connectivity index is 1.89. The number of imidazole rings is 1. The molecule has 2 aromatic rings. The lowest BCUT2D eigenvalue weighted by Crippen LogP contribution is -2.41. The van der Waals surface area contributed by atoms with Gasteiger partial charge in [0.2, 0.25) is 11.8 Å². The number of aliphatic carboxylic acids is 1. The SMILES string of the molecule is O=C(O)C[C@]1(c2ccccc2)CC(=O)N(CCn2ccnc2)C1=O. The molecule has 24 heavy (non-hydrogen) atoms. The minimum Gasteiger partial charge on any atom is -0.481 e. The maximum absolute atomic E-state index is 13.0. The predicted molar refractivity (Wildman–Crippen MR) is 83.9 cm³/mol. The Morgan fingerprint density at radius 2 is 1.96 bits per heavy atom. The van der Waals surface area contributed by atoms with Crippen molar-refractivity contribution in [3.05, 3.63) is 54.6 Å². The number of imide groups is 1. The molecule has 0 aliphatic carbocycles. The summed E-state index contributed by atoms with van der Waals surface area (Å²) in [5.41, 5.74) is -0.755. The van der Waals surface area contributed by atoms with Gasteiger partial charge in [0.1, 0.15) is 0 Å². The number of aromatic nitrogens is 2. The Kier molecular flexibility index (Phi) is 4.16. The van der Waals surface area contributed by atoms with Gasteiger partial charge in [0.05, 0.1) is 18.2 Å². The van der Waals surface area contributed by atoms with E-state index in [1.165, 1.54) is 0 Å². The Morgan fingerprint density at radius 3 is 2.58 bits per heavy atom. The summed E-state index contributed by atoms with van der Waals surface area (Å²) in [7, 11) is 0. The zero-order chi connectivity index (χ0) is 17.2. The largest absolute Gasteiger partial charge is 0.481 e. The first-order valence-corrected chi connectivity index (χ1v) is 7.61. The van der Waals surface area contributed by atoms with Crippen molar-refractivity contribution in [1.82, 2.24) is 14.5 Å². The number of hydrogen-bond acceptors (Lipinski definition) is 4. The number of carboxylic acid groups (broad SMARTS) is 1. The molecule has 0 bridgehead atoms. The van der Waals surface area contributed by atoms with Crippen molar-refractivity contribution >= 4 is 17.8 Å². The second kappa shape index (κ2) is 6.27. The molecule has 0 spiro atoms. The summed E-state index contributed by atoms with van der Waals surface area (Å²) in [6.45, 7) is 0.623. The number of nitrogens with zero attached hydrogens (tertiary/aromatic N) is 3. The first-order valence-electron chi connectivity index (χ1n) is 7.61. The lowest BCUT2D eigenvalue weighted by Gasteiger charge is -2.25. The van der Waals surface area contributed by atoms with E-state index in [2.05, 4.69) is 4.98 Å². The smallest absolute Gasteiger partial charge is 0.304 e. The minimum atomic E-state index is -1.32. The number of likely N-dealkylation sites (tertiary alicyclic amines) is 1. The maximum atomic E-state index is 13.0. The number of benzene rings is 1. The van der Waals surface area contributed by atoms with Crippen LogP contribution in [0.2, 0.25) is 0 Å². The van der Waals surface area contributed by atoms with Crippen molar-refractivity contribution in [3.63, 3.8) is 0 Å². The van der Waals surface area contributed by atoms with Gasteiger partial charge in [-0.25, -0.2) is 4.98 Å². The highest BCUT2D eigenvalue weighted by Crippen LogP contribution is 2.39. The summed E-state index contributed by atoms with van der Waals surface area (Å²) in [4.78, 5) is 41.8. The van der Waals surface area contributed by atoms with Crippen molar-refractivity contribution in [2.75, 3.05) is 6.54 Å². The minimum absolute atomic E-state index is 0.119. The van der Waals surface area contributed by atoms with Gasteiger partial charge in [-0.3, -0.25) is 19.3 Å². The second-order valence-corrected chi connectivity index (χ2v) is 5.85. The Bertz CT molecular complexity index is 757. The predicted octanol–water partition coefficient (Wildman–Crippen LogP) is 1.05. The van der Waals surface area contributed by atoms with Gasteiger partial charge in [0.25, 0.3) is 0 Å². The quantitative estimate of drug-likeness (QED) is 0.801. The highest BCUT2D eigenvalue weighted by Gasteiger charge is 2.53. The van der Waals surface area contributed by atoms with Gasteiger partial charge in [-0.1, -0.05) is 30.3 Å². The molecule has 1 aromatic heterocycles. The standard InChI is InChI=1S/C17H17N3O4/c21-14-10-17(11-15(22)23,13-4-2-1-3-5-13)16(24)20(14)9-8-19-7-6-18-12-19/h1-7,12H,8-11H2,(H,22,23)/t17-/m0/s1. The number of hydrogen-bond donors (Lipinski definition) is 1. The van der Waals surface area contributed by atoms with Crippen molar-refractivity contribution in [2.24, 2.45) is 0 Å². The topological polar surface area (TPSA) is 92.5 Å². The molecule has 2 amide bonds. The lowest BCUT2D eigenvalue weighted by molar-refractivity contribution is -0.145. The second-order valence-electron chi connectivity index (χ2n) is 5.85. The number of carboxylic acids is 1. The summed E-state index contributed by atoms with van der Waals surface area (Å²) in [6, 6.07) is 8.67. The molecule has 0 unspecified atom stereocenters. The van der Waals surface area contributed by atoms with Crippen LogP contribution in [0.3, 0.4) is 0 Å². The van der Waals surface area contributed by atoms with E-state index in [1.54, 1.807) is 53.6 Å². The molecule has 1 aromatic carbocycles. The third-order valence-electron chi connectivity index (χ3n) is 4.33. The zero-order valence-corrected chi connectivity index (χ0v) is 13.0. The van der Waals surface area contributed by atoms with Crippen LogP contribution in [-0.4, -0.2) is 43.9 Å². The van der Waals surface area contributed by atoms with Crippen molar-refractivity contribution < 1.29 is 19.5 Å². The van der Waals surface area contributed by atoms with Crippen molar-refractivity contribution in [1.29, 1.82) is 0 Å².